The number of fused-ring (bicyclic) bond motifs is 2. The largest absolute Gasteiger partial charge is 0.357 e. The highest BCUT2D eigenvalue weighted by molar-refractivity contribution is 6.07. The molecule has 3 heterocycles. The number of allylic oxidation sites excluding steroid dienone is 2. The number of aromatic nitrogens is 1. The van der Waals surface area contributed by atoms with Gasteiger partial charge in [0.25, 0.3) is 5.91 Å². The van der Waals surface area contributed by atoms with Crippen LogP contribution >= 0.6 is 0 Å². The molecule has 208 valence electrons. The summed E-state index contributed by atoms with van der Waals surface area (Å²) in [5.74, 6) is 1.43. The molecule has 2 aromatic carbocycles. The van der Waals surface area contributed by atoms with Gasteiger partial charge in [0.2, 0.25) is 5.91 Å². The average Bonchev–Trinajstić information content (AvgIpc) is 3.87. The maximum Gasteiger partial charge on any atom is 0.276 e. The van der Waals surface area contributed by atoms with Crippen LogP contribution in [0.25, 0.3) is 5.57 Å². The van der Waals surface area contributed by atoms with Gasteiger partial charge in [-0.05, 0) is 91.8 Å². The van der Waals surface area contributed by atoms with E-state index < -0.39 is 0 Å². The standard InChI is InChI=1S/C35H36N4O2/c40-34(36-28-14-15-28)27-13-16-29-26(23-27)19-22-39(32-11-5-4-9-30(29)32)35(41)31-10-6-12-33(37-31)38-20-17-25(18-21-38)24-7-2-1-3-8-24/h1-12,23,25,28H,13-22H2,(H,36,40). The molecule has 0 atom stereocenters. The molecule has 2 amide bonds. The van der Waals surface area contributed by atoms with Gasteiger partial charge in [-0.3, -0.25) is 9.59 Å². The molecule has 2 aliphatic carbocycles. The third-order valence-electron chi connectivity index (χ3n) is 9.00. The van der Waals surface area contributed by atoms with Crippen LogP contribution in [0.15, 0.2) is 90.0 Å². The summed E-state index contributed by atoms with van der Waals surface area (Å²) in [5, 5.41) is 3.14. The zero-order valence-electron chi connectivity index (χ0n) is 23.4. The van der Waals surface area contributed by atoms with Crippen molar-refractivity contribution in [3.63, 3.8) is 0 Å². The molecule has 1 saturated carbocycles. The summed E-state index contributed by atoms with van der Waals surface area (Å²) in [4.78, 5) is 35.9. The number of rotatable bonds is 5. The van der Waals surface area contributed by atoms with Gasteiger partial charge in [-0.25, -0.2) is 4.98 Å². The second-order valence-corrected chi connectivity index (χ2v) is 11.7. The van der Waals surface area contributed by atoms with Crippen LogP contribution in [-0.2, 0) is 4.79 Å². The maximum atomic E-state index is 14.0. The van der Waals surface area contributed by atoms with Crippen LogP contribution < -0.4 is 15.1 Å². The highest BCUT2D eigenvalue weighted by atomic mass is 16.2. The molecule has 0 radical (unpaired) electrons. The minimum atomic E-state index is -0.0750. The minimum absolute atomic E-state index is 0.0679. The molecule has 2 aliphatic heterocycles. The van der Waals surface area contributed by atoms with Crippen LogP contribution in [0.5, 0.6) is 0 Å². The van der Waals surface area contributed by atoms with E-state index in [1.165, 1.54) is 16.7 Å². The lowest BCUT2D eigenvalue weighted by Gasteiger charge is -2.33. The number of nitrogens with one attached hydrogen (secondary N) is 1. The Balaban J connectivity index is 1.10. The molecule has 7 rings (SSSR count). The Bertz CT molecular complexity index is 1530. The van der Waals surface area contributed by atoms with E-state index in [2.05, 4.69) is 52.7 Å². The van der Waals surface area contributed by atoms with Gasteiger partial charge in [0.1, 0.15) is 11.5 Å². The number of piperidine rings is 1. The van der Waals surface area contributed by atoms with E-state index in [1.807, 2.05) is 41.3 Å². The first-order valence-corrected chi connectivity index (χ1v) is 15.1. The predicted molar refractivity (Wildman–Crippen MR) is 163 cm³/mol. The molecule has 1 N–H and O–H groups in total. The molecular formula is C35H36N4O2. The monoisotopic (exact) mass is 544 g/mol. The van der Waals surface area contributed by atoms with Gasteiger partial charge < -0.3 is 15.1 Å². The molecule has 0 unspecified atom stereocenters. The topological polar surface area (TPSA) is 65.5 Å². The normalized spacial score (nSPS) is 19.2. The number of hydrogen-bond acceptors (Lipinski definition) is 4. The van der Waals surface area contributed by atoms with E-state index in [-0.39, 0.29) is 11.8 Å². The van der Waals surface area contributed by atoms with Crippen LogP contribution in [-0.4, -0.2) is 42.5 Å². The van der Waals surface area contributed by atoms with Crippen molar-refractivity contribution in [3.05, 3.63) is 107 Å². The van der Waals surface area contributed by atoms with Crippen molar-refractivity contribution in [1.82, 2.24) is 10.3 Å². The first-order chi connectivity index (χ1) is 20.1. The minimum Gasteiger partial charge on any atom is -0.357 e. The molecular weight excluding hydrogens is 508 g/mol. The van der Waals surface area contributed by atoms with Gasteiger partial charge in [0.05, 0.1) is 5.69 Å². The van der Waals surface area contributed by atoms with E-state index >= 15 is 0 Å². The highest BCUT2D eigenvalue weighted by Gasteiger charge is 2.31. The van der Waals surface area contributed by atoms with Gasteiger partial charge >= 0.3 is 0 Å². The number of benzene rings is 2. The van der Waals surface area contributed by atoms with Crippen molar-refractivity contribution >= 4 is 28.9 Å². The number of carbonyl (C=O) groups excluding carboxylic acids is 2. The van der Waals surface area contributed by atoms with E-state index in [1.54, 1.807) is 0 Å². The number of para-hydroxylation sites is 1. The fourth-order valence-corrected chi connectivity index (χ4v) is 6.56. The molecule has 6 nitrogen and oxygen atoms in total. The van der Waals surface area contributed by atoms with E-state index in [4.69, 9.17) is 4.98 Å². The molecule has 41 heavy (non-hydrogen) atoms. The van der Waals surface area contributed by atoms with Gasteiger partial charge in [0.15, 0.2) is 0 Å². The second kappa shape index (κ2) is 11.0. The zero-order chi connectivity index (χ0) is 27.8. The van der Waals surface area contributed by atoms with Crippen molar-refractivity contribution < 1.29 is 9.59 Å². The molecule has 0 bridgehead atoms. The molecule has 4 aliphatic rings. The van der Waals surface area contributed by atoms with E-state index in [0.717, 1.165) is 74.3 Å². The molecule has 1 aromatic heterocycles. The average molecular weight is 545 g/mol. The van der Waals surface area contributed by atoms with Crippen LogP contribution in [0.4, 0.5) is 11.5 Å². The summed E-state index contributed by atoms with van der Waals surface area (Å²) in [5.41, 5.74) is 7.18. The Morgan fingerprint density at radius 1 is 0.780 bits per heavy atom. The van der Waals surface area contributed by atoms with E-state index in [9.17, 15) is 9.59 Å². The Hall–Kier alpha value is -4.19. The lowest BCUT2D eigenvalue weighted by Crippen LogP contribution is -2.35. The Labute approximate surface area is 241 Å². The lowest BCUT2D eigenvalue weighted by molar-refractivity contribution is -0.117. The number of pyridine rings is 1. The van der Waals surface area contributed by atoms with Crippen molar-refractivity contribution in [2.75, 3.05) is 29.4 Å². The van der Waals surface area contributed by atoms with Gasteiger partial charge in [0, 0.05) is 36.8 Å². The highest BCUT2D eigenvalue weighted by Crippen LogP contribution is 2.41. The predicted octanol–water partition coefficient (Wildman–Crippen LogP) is 6.27. The summed E-state index contributed by atoms with van der Waals surface area (Å²) in [6.45, 7) is 2.41. The maximum absolute atomic E-state index is 14.0. The summed E-state index contributed by atoms with van der Waals surface area (Å²) in [7, 11) is 0. The second-order valence-electron chi connectivity index (χ2n) is 11.7. The summed E-state index contributed by atoms with van der Waals surface area (Å²) in [6, 6.07) is 25.1. The van der Waals surface area contributed by atoms with Gasteiger partial charge in [-0.1, -0.05) is 54.6 Å². The number of nitrogens with zero attached hydrogens (tertiary/aromatic N) is 3. The summed E-state index contributed by atoms with van der Waals surface area (Å²) < 4.78 is 0. The molecule has 2 fully saturated rings. The summed E-state index contributed by atoms with van der Waals surface area (Å²) >= 11 is 0. The smallest absolute Gasteiger partial charge is 0.276 e. The fraction of sp³-hybridized carbons (Fsp3) is 0.343. The number of anilines is 2. The fourth-order valence-electron chi connectivity index (χ4n) is 6.56. The quantitative estimate of drug-likeness (QED) is 0.411. The molecule has 1 saturated heterocycles. The first-order valence-electron chi connectivity index (χ1n) is 15.1. The van der Waals surface area contributed by atoms with Gasteiger partial charge in [-0.2, -0.15) is 0 Å². The van der Waals surface area contributed by atoms with Crippen molar-refractivity contribution in [3.8, 4) is 0 Å². The van der Waals surface area contributed by atoms with Crippen molar-refractivity contribution in [2.45, 2.75) is 56.9 Å². The third-order valence-corrected chi connectivity index (χ3v) is 9.00. The molecule has 6 heteroatoms. The molecule has 0 spiro atoms. The van der Waals surface area contributed by atoms with E-state index in [0.29, 0.717) is 30.6 Å². The van der Waals surface area contributed by atoms with Crippen LogP contribution in [0.3, 0.4) is 0 Å². The number of carbonyl (C=O) groups is 2. The number of hydrogen-bond donors (Lipinski definition) is 1. The Morgan fingerprint density at radius 2 is 1.56 bits per heavy atom. The Kier molecular flexibility index (Phi) is 6.91. The lowest BCUT2D eigenvalue weighted by atomic mass is 9.86. The Morgan fingerprint density at radius 3 is 2.37 bits per heavy atom. The van der Waals surface area contributed by atoms with Crippen molar-refractivity contribution in [1.29, 1.82) is 0 Å². The van der Waals surface area contributed by atoms with Crippen LogP contribution in [0.1, 0.15) is 72.5 Å². The first kappa shape index (κ1) is 25.8. The van der Waals surface area contributed by atoms with Gasteiger partial charge in [-0.15, -0.1) is 0 Å². The third kappa shape index (κ3) is 5.31. The SMILES string of the molecule is O=C(NC1CC1)C1=CC2=C(CC1)c1ccccc1N(C(=O)c1cccc(N3CCC(c4ccccc4)CC3)n1)CC2. The van der Waals surface area contributed by atoms with Crippen molar-refractivity contribution in [2.24, 2.45) is 0 Å². The van der Waals surface area contributed by atoms with Crippen LogP contribution in [0.2, 0.25) is 0 Å². The van der Waals surface area contributed by atoms with Crippen LogP contribution in [0, 0.1) is 0 Å². The molecule has 3 aromatic rings. The number of amides is 2. The zero-order valence-corrected chi connectivity index (χ0v) is 23.4. The summed E-state index contributed by atoms with van der Waals surface area (Å²) in [6.07, 6.45) is 8.65.